The van der Waals surface area contributed by atoms with Crippen molar-refractivity contribution in [2.75, 3.05) is 0 Å². The lowest BCUT2D eigenvalue weighted by Gasteiger charge is -2.11. The zero-order valence-electron chi connectivity index (χ0n) is 24.8. The van der Waals surface area contributed by atoms with Crippen LogP contribution in [0, 0.1) is 0 Å². The fourth-order valence-corrected chi connectivity index (χ4v) is 6.52. The van der Waals surface area contributed by atoms with Crippen molar-refractivity contribution in [3.63, 3.8) is 0 Å². The fraction of sp³-hybridized carbons (Fsp3) is 0. The Balaban J connectivity index is 1.27. The third-order valence-electron chi connectivity index (χ3n) is 8.74. The monoisotopic (exact) mass is 602 g/mol. The van der Waals surface area contributed by atoms with Crippen molar-refractivity contribution < 1.29 is 0 Å². The summed E-state index contributed by atoms with van der Waals surface area (Å²) < 4.78 is 1.90. The molecule has 0 atom stereocenters. The smallest absolute Gasteiger partial charge is 0.241 e. The van der Waals surface area contributed by atoms with Gasteiger partial charge in [-0.15, -0.1) is 0 Å². The molecule has 0 aliphatic carbocycles. The summed E-state index contributed by atoms with van der Waals surface area (Å²) in [7, 11) is 0. The van der Waals surface area contributed by atoms with Crippen LogP contribution < -0.4 is 0 Å². The molecule has 0 amide bonds. The number of benzene rings is 4. The summed E-state index contributed by atoms with van der Waals surface area (Å²) >= 11 is 0. The lowest BCUT2D eigenvalue weighted by Crippen LogP contribution is -2.08. The van der Waals surface area contributed by atoms with Gasteiger partial charge in [-0.3, -0.25) is 0 Å². The molecule has 6 aromatic heterocycles. The Hall–Kier alpha value is -6.67. The first-order valence-electron chi connectivity index (χ1n) is 15.3. The Kier molecular flexibility index (Phi) is 5.41. The molecule has 10 rings (SSSR count). The van der Waals surface area contributed by atoms with E-state index in [9.17, 15) is 0 Å². The largest absolute Gasteiger partial charge is 0.245 e. The molecule has 0 N–H and O–H groups in total. The molecule has 218 valence electrons. The van der Waals surface area contributed by atoms with Gasteiger partial charge >= 0.3 is 0 Å². The maximum atomic E-state index is 5.13. The molecule has 4 aromatic carbocycles. The summed E-state index contributed by atoms with van der Waals surface area (Å²) in [5.41, 5.74) is 4.45. The van der Waals surface area contributed by atoms with Gasteiger partial charge in [0.1, 0.15) is 22.7 Å². The zero-order chi connectivity index (χ0) is 30.9. The van der Waals surface area contributed by atoms with E-state index in [1.165, 1.54) is 0 Å². The number of hydrogen-bond acceptors (Lipinski definition) is 7. The number of fused-ring (bicyclic) bond motifs is 9. The first-order valence-corrected chi connectivity index (χ1v) is 15.3. The van der Waals surface area contributed by atoms with Gasteiger partial charge in [0.25, 0.3) is 0 Å². The second-order valence-corrected chi connectivity index (χ2v) is 11.5. The molecule has 0 aliphatic rings. The van der Waals surface area contributed by atoms with E-state index in [0.717, 1.165) is 54.1 Å². The average molecular weight is 603 g/mol. The summed E-state index contributed by atoms with van der Waals surface area (Å²) in [6, 6.07) is 40.9. The molecule has 0 saturated carbocycles. The van der Waals surface area contributed by atoms with Gasteiger partial charge in [-0.2, -0.15) is 9.97 Å². The minimum Gasteiger partial charge on any atom is -0.245 e. The molecule has 8 nitrogen and oxygen atoms in total. The molecule has 0 radical (unpaired) electrons. The Morgan fingerprint density at radius 3 is 1.34 bits per heavy atom. The van der Waals surface area contributed by atoms with Crippen molar-refractivity contribution in [3.8, 4) is 29.0 Å². The predicted molar refractivity (Wildman–Crippen MR) is 186 cm³/mol. The van der Waals surface area contributed by atoms with Gasteiger partial charge in [0, 0.05) is 44.7 Å². The van der Waals surface area contributed by atoms with Crippen molar-refractivity contribution >= 4 is 65.4 Å². The molecular weight excluding hydrogens is 580 g/mol. The van der Waals surface area contributed by atoms with E-state index >= 15 is 0 Å². The molecule has 0 unspecified atom stereocenters. The highest BCUT2D eigenvalue weighted by molar-refractivity contribution is 6.07. The van der Waals surface area contributed by atoms with E-state index in [1.54, 1.807) is 12.4 Å². The first-order chi connectivity index (χ1) is 23.3. The molecule has 47 heavy (non-hydrogen) atoms. The van der Waals surface area contributed by atoms with Gasteiger partial charge in [-0.05, 0) is 47.2 Å². The van der Waals surface area contributed by atoms with E-state index in [2.05, 4.69) is 60.7 Å². The Morgan fingerprint density at radius 2 is 0.809 bits per heavy atom. The second kappa shape index (κ2) is 9.92. The molecule has 0 spiro atoms. The molecule has 0 fully saturated rings. The lowest BCUT2D eigenvalue weighted by atomic mass is 10.1. The Bertz CT molecular complexity index is 2690. The maximum absolute atomic E-state index is 5.13. The summed E-state index contributed by atoms with van der Waals surface area (Å²) in [5, 5.41) is 8.39. The van der Waals surface area contributed by atoms with Gasteiger partial charge in [0.05, 0.1) is 11.0 Å². The van der Waals surface area contributed by atoms with Crippen LogP contribution in [0.3, 0.4) is 0 Å². The van der Waals surface area contributed by atoms with Crippen LogP contribution in [-0.2, 0) is 0 Å². The number of nitrogens with zero attached hydrogens (tertiary/aromatic N) is 8. The van der Waals surface area contributed by atoms with E-state index in [-0.39, 0.29) is 0 Å². The molecule has 0 aliphatic heterocycles. The van der Waals surface area contributed by atoms with Crippen LogP contribution in [0.5, 0.6) is 0 Å². The van der Waals surface area contributed by atoms with Gasteiger partial charge in [0.15, 0.2) is 11.6 Å². The minimum absolute atomic E-state index is 0.391. The average Bonchev–Trinajstić information content (AvgIpc) is 3.48. The number of hydrogen-bond donors (Lipinski definition) is 0. The lowest BCUT2D eigenvalue weighted by molar-refractivity contribution is 0.928. The predicted octanol–water partition coefficient (Wildman–Crippen LogP) is 8.50. The minimum atomic E-state index is 0.391. The van der Waals surface area contributed by atoms with Crippen LogP contribution in [0.25, 0.3) is 94.4 Å². The van der Waals surface area contributed by atoms with Gasteiger partial charge in [-0.1, -0.05) is 84.9 Å². The van der Waals surface area contributed by atoms with Crippen LogP contribution in [0.4, 0.5) is 0 Å². The normalized spacial score (nSPS) is 11.8. The SMILES string of the molecule is c1ccc2c(c1)ccc1ccc(-c3nc(-c4ccc5ccc6ccccc6c5n4)nc(-n4c5ncccc5c5cccnc54)n3)nc12. The van der Waals surface area contributed by atoms with E-state index in [0.29, 0.717) is 40.3 Å². The Morgan fingerprint density at radius 1 is 0.362 bits per heavy atom. The second-order valence-electron chi connectivity index (χ2n) is 11.5. The summed E-state index contributed by atoms with van der Waals surface area (Å²) in [6.45, 7) is 0. The Labute approximate surface area is 267 Å². The van der Waals surface area contributed by atoms with E-state index < -0.39 is 0 Å². The zero-order valence-corrected chi connectivity index (χ0v) is 24.8. The summed E-state index contributed by atoms with van der Waals surface area (Å²) in [4.78, 5) is 34.8. The van der Waals surface area contributed by atoms with Crippen LogP contribution >= 0.6 is 0 Å². The van der Waals surface area contributed by atoms with Crippen molar-refractivity contribution in [3.05, 3.63) is 134 Å². The number of rotatable bonds is 3. The van der Waals surface area contributed by atoms with Crippen molar-refractivity contribution in [2.45, 2.75) is 0 Å². The molecule has 0 bridgehead atoms. The summed E-state index contributed by atoms with van der Waals surface area (Å²) in [6.07, 6.45) is 3.54. The number of aromatic nitrogens is 8. The van der Waals surface area contributed by atoms with Crippen LogP contribution in [0.15, 0.2) is 134 Å². The standard InChI is InChI=1S/C39H22N8/c1-3-9-27-23(7-1)13-15-25-17-19-31(42-33(25)27)35-44-36(32-20-18-26-16-14-24-8-2-4-10-28(24)34(26)43-32)46-39(45-35)47-37-29(11-5-21-40-37)30-12-6-22-41-38(30)47/h1-22H. The highest BCUT2D eigenvalue weighted by Crippen LogP contribution is 2.32. The number of pyridine rings is 4. The van der Waals surface area contributed by atoms with Gasteiger partial charge in [0.2, 0.25) is 5.95 Å². The fourth-order valence-electron chi connectivity index (χ4n) is 6.52. The molecule has 10 aromatic rings. The van der Waals surface area contributed by atoms with Crippen molar-refractivity contribution in [1.29, 1.82) is 0 Å². The van der Waals surface area contributed by atoms with E-state index in [4.69, 9.17) is 34.9 Å². The molecule has 0 saturated heterocycles. The topological polar surface area (TPSA) is 95.2 Å². The van der Waals surface area contributed by atoms with Crippen LogP contribution in [0.2, 0.25) is 0 Å². The quantitative estimate of drug-likeness (QED) is 0.187. The first kappa shape index (κ1) is 25.6. The van der Waals surface area contributed by atoms with Crippen molar-refractivity contribution in [2.24, 2.45) is 0 Å². The van der Waals surface area contributed by atoms with E-state index in [1.807, 2.05) is 65.2 Å². The third-order valence-corrected chi connectivity index (χ3v) is 8.74. The van der Waals surface area contributed by atoms with Gasteiger partial charge in [-0.25, -0.2) is 29.5 Å². The molecule has 6 heterocycles. The van der Waals surface area contributed by atoms with Crippen LogP contribution in [-0.4, -0.2) is 39.5 Å². The molecular formula is C39H22N8. The summed E-state index contributed by atoms with van der Waals surface area (Å²) in [5.74, 6) is 1.25. The van der Waals surface area contributed by atoms with Crippen LogP contribution in [0.1, 0.15) is 0 Å². The molecule has 8 heteroatoms. The third kappa shape index (κ3) is 3.98. The van der Waals surface area contributed by atoms with Gasteiger partial charge < -0.3 is 0 Å². The highest BCUT2D eigenvalue weighted by atomic mass is 15.2. The maximum Gasteiger partial charge on any atom is 0.241 e. The van der Waals surface area contributed by atoms with Crippen molar-refractivity contribution in [1.82, 2.24) is 39.5 Å². The highest BCUT2D eigenvalue weighted by Gasteiger charge is 2.20.